The summed E-state index contributed by atoms with van der Waals surface area (Å²) in [5, 5.41) is 2.28. The zero-order chi connectivity index (χ0) is 17.1. The molecule has 1 amide bonds. The van der Waals surface area contributed by atoms with Crippen LogP contribution in [0.4, 0.5) is 13.6 Å². The van der Waals surface area contributed by atoms with Crippen LogP contribution in [0.25, 0.3) is 0 Å². The molecule has 22 heavy (non-hydrogen) atoms. The van der Waals surface area contributed by atoms with E-state index in [9.17, 15) is 13.6 Å². The Morgan fingerprint density at radius 2 is 1.91 bits per heavy atom. The Morgan fingerprint density at radius 3 is 2.41 bits per heavy atom. The lowest BCUT2D eigenvalue weighted by Crippen LogP contribution is -2.46. The number of amides is 1. The normalized spacial score (nSPS) is 14.4. The minimum atomic E-state index is -1.16. The molecule has 1 aromatic carbocycles. The van der Waals surface area contributed by atoms with Gasteiger partial charge < -0.3 is 15.8 Å². The standard InChI is InChI=1S/C15H21ClF2N2O2/c1-14(2,3)22-13(21)20-8-15(4,7-19)11-10(17)6-5-9(16)12(11)18/h5-6H,7-8,19H2,1-4H3,(H,20,21). The first kappa shape index (κ1) is 18.6. The molecule has 0 aromatic heterocycles. The predicted molar refractivity (Wildman–Crippen MR) is 82.0 cm³/mol. The van der Waals surface area contributed by atoms with Gasteiger partial charge in [0.25, 0.3) is 0 Å². The molecule has 0 aliphatic rings. The van der Waals surface area contributed by atoms with Crippen molar-refractivity contribution in [3.63, 3.8) is 0 Å². The summed E-state index contributed by atoms with van der Waals surface area (Å²) in [5.74, 6) is -1.64. The quantitative estimate of drug-likeness (QED) is 0.830. The Balaban J connectivity index is 2.99. The lowest BCUT2D eigenvalue weighted by atomic mass is 9.81. The van der Waals surface area contributed by atoms with Crippen LogP contribution >= 0.6 is 11.6 Å². The van der Waals surface area contributed by atoms with E-state index in [-0.39, 0.29) is 23.7 Å². The maximum atomic E-state index is 14.2. The lowest BCUT2D eigenvalue weighted by Gasteiger charge is -2.30. The van der Waals surface area contributed by atoms with Crippen LogP contribution in [0.15, 0.2) is 12.1 Å². The van der Waals surface area contributed by atoms with Crippen LogP contribution in [0.2, 0.25) is 5.02 Å². The summed E-state index contributed by atoms with van der Waals surface area (Å²) in [7, 11) is 0. The molecule has 124 valence electrons. The summed E-state index contributed by atoms with van der Waals surface area (Å²) in [6, 6.07) is 2.20. The third-order valence-electron chi connectivity index (χ3n) is 3.12. The van der Waals surface area contributed by atoms with E-state index >= 15 is 0 Å². The summed E-state index contributed by atoms with van der Waals surface area (Å²) >= 11 is 5.70. The predicted octanol–water partition coefficient (Wildman–Crippen LogP) is 3.36. The molecule has 0 fully saturated rings. The number of halogens is 3. The molecule has 1 atom stereocenters. The topological polar surface area (TPSA) is 64.3 Å². The van der Waals surface area contributed by atoms with Gasteiger partial charge >= 0.3 is 6.09 Å². The van der Waals surface area contributed by atoms with Crippen molar-refractivity contribution < 1.29 is 18.3 Å². The van der Waals surface area contributed by atoms with Crippen molar-refractivity contribution in [3.8, 4) is 0 Å². The number of ether oxygens (including phenoxy) is 1. The van der Waals surface area contributed by atoms with Crippen LogP contribution in [-0.4, -0.2) is 24.8 Å². The maximum Gasteiger partial charge on any atom is 0.407 e. The molecule has 0 aliphatic heterocycles. The summed E-state index contributed by atoms with van der Waals surface area (Å²) < 4.78 is 33.3. The Bertz CT molecular complexity index is 561. The van der Waals surface area contributed by atoms with E-state index in [1.54, 1.807) is 27.7 Å². The largest absolute Gasteiger partial charge is 0.444 e. The van der Waals surface area contributed by atoms with Crippen molar-refractivity contribution in [2.45, 2.75) is 38.7 Å². The number of benzene rings is 1. The summed E-state index contributed by atoms with van der Waals surface area (Å²) in [5.41, 5.74) is 3.59. The first-order valence-corrected chi connectivity index (χ1v) is 7.19. The van der Waals surface area contributed by atoms with Gasteiger partial charge in [-0.1, -0.05) is 18.5 Å². The number of carbonyl (C=O) groups is 1. The van der Waals surface area contributed by atoms with Gasteiger partial charge in [-0.25, -0.2) is 13.6 Å². The second-order valence-corrected chi connectivity index (χ2v) is 6.75. The highest BCUT2D eigenvalue weighted by atomic mass is 35.5. The van der Waals surface area contributed by atoms with Crippen LogP contribution in [0, 0.1) is 11.6 Å². The Morgan fingerprint density at radius 1 is 1.32 bits per heavy atom. The van der Waals surface area contributed by atoms with Gasteiger partial charge in [-0.3, -0.25) is 0 Å². The van der Waals surface area contributed by atoms with Crippen molar-refractivity contribution in [2.24, 2.45) is 5.73 Å². The van der Waals surface area contributed by atoms with E-state index < -0.39 is 28.7 Å². The first-order valence-electron chi connectivity index (χ1n) is 6.81. The number of hydrogen-bond acceptors (Lipinski definition) is 3. The molecule has 0 saturated heterocycles. The minimum Gasteiger partial charge on any atom is -0.444 e. The van der Waals surface area contributed by atoms with Crippen molar-refractivity contribution in [1.82, 2.24) is 5.32 Å². The third kappa shape index (κ3) is 4.55. The van der Waals surface area contributed by atoms with Crippen LogP contribution in [0.3, 0.4) is 0 Å². The molecular formula is C15H21ClF2N2O2. The average molecular weight is 335 g/mol. The van der Waals surface area contributed by atoms with E-state index in [0.29, 0.717) is 0 Å². The van der Waals surface area contributed by atoms with Crippen molar-refractivity contribution in [2.75, 3.05) is 13.1 Å². The molecule has 1 aromatic rings. The van der Waals surface area contributed by atoms with Crippen molar-refractivity contribution in [3.05, 3.63) is 34.4 Å². The SMILES string of the molecule is CC(C)(C)OC(=O)NCC(C)(CN)c1c(F)ccc(Cl)c1F. The molecule has 0 radical (unpaired) electrons. The van der Waals surface area contributed by atoms with Crippen LogP contribution in [-0.2, 0) is 10.2 Å². The molecule has 0 aliphatic carbocycles. The van der Waals surface area contributed by atoms with Gasteiger partial charge in [0.05, 0.1) is 5.02 Å². The van der Waals surface area contributed by atoms with Gasteiger partial charge in [-0.05, 0) is 32.9 Å². The second-order valence-electron chi connectivity index (χ2n) is 6.34. The Hall–Kier alpha value is -1.40. The van der Waals surface area contributed by atoms with Gasteiger partial charge in [0.2, 0.25) is 0 Å². The van der Waals surface area contributed by atoms with E-state index in [2.05, 4.69) is 5.32 Å². The first-order chi connectivity index (χ1) is 10.00. The Labute approximate surface area is 134 Å². The molecule has 7 heteroatoms. The zero-order valence-electron chi connectivity index (χ0n) is 13.1. The summed E-state index contributed by atoms with van der Waals surface area (Å²) in [6.45, 7) is 6.51. The number of hydrogen-bond donors (Lipinski definition) is 2. The number of carbonyl (C=O) groups excluding carboxylic acids is 1. The van der Waals surface area contributed by atoms with Crippen molar-refractivity contribution >= 4 is 17.7 Å². The number of rotatable bonds is 4. The second kappa shape index (κ2) is 6.79. The van der Waals surface area contributed by atoms with E-state index in [1.807, 2.05) is 0 Å². The molecule has 3 N–H and O–H groups in total. The summed E-state index contributed by atoms with van der Waals surface area (Å²) in [6.07, 6.45) is -0.685. The number of nitrogens with one attached hydrogen (secondary N) is 1. The van der Waals surface area contributed by atoms with Gasteiger partial charge in [0, 0.05) is 24.1 Å². The molecule has 1 unspecified atom stereocenters. The molecule has 1 rings (SSSR count). The fraction of sp³-hybridized carbons (Fsp3) is 0.533. The highest BCUT2D eigenvalue weighted by Gasteiger charge is 2.33. The fourth-order valence-corrected chi connectivity index (χ4v) is 2.08. The number of alkyl carbamates (subject to hydrolysis) is 1. The number of nitrogens with two attached hydrogens (primary N) is 1. The van der Waals surface area contributed by atoms with Gasteiger partial charge in [0.1, 0.15) is 17.2 Å². The van der Waals surface area contributed by atoms with Gasteiger partial charge in [-0.15, -0.1) is 0 Å². The minimum absolute atomic E-state index is 0.0863. The van der Waals surface area contributed by atoms with Gasteiger partial charge in [0.15, 0.2) is 0 Å². The van der Waals surface area contributed by atoms with Crippen molar-refractivity contribution in [1.29, 1.82) is 0 Å². The third-order valence-corrected chi connectivity index (χ3v) is 3.41. The summed E-state index contributed by atoms with van der Waals surface area (Å²) in [4.78, 5) is 11.7. The lowest BCUT2D eigenvalue weighted by molar-refractivity contribution is 0.0515. The van der Waals surface area contributed by atoms with E-state index in [1.165, 1.54) is 0 Å². The fourth-order valence-electron chi connectivity index (χ4n) is 1.92. The van der Waals surface area contributed by atoms with Crippen LogP contribution < -0.4 is 11.1 Å². The monoisotopic (exact) mass is 334 g/mol. The Kier molecular flexibility index (Phi) is 5.76. The molecular weight excluding hydrogens is 314 g/mol. The maximum absolute atomic E-state index is 14.2. The highest BCUT2D eigenvalue weighted by molar-refractivity contribution is 6.30. The molecule has 0 spiro atoms. The molecule has 0 bridgehead atoms. The highest BCUT2D eigenvalue weighted by Crippen LogP contribution is 2.31. The molecule has 4 nitrogen and oxygen atoms in total. The zero-order valence-corrected chi connectivity index (χ0v) is 13.9. The average Bonchev–Trinajstić information content (AvgIpc) is 2.39. The van der Waals surface area contributed by atoms with E-state index in [4.69, 9.17) is 22.1 Å². The molecule has 0 saturated carbocycles. The molecule has 0 heterocycles. The van der Waals surface area contributed by atoms with Crippen LogP contribution in [0.1, 0.15) is 33.3 Å². The smallest absolute Gasteiger partial charge is 0.407 e. The van der Waals surface area contributed by atoms with Crippen LogP contribution in [0.5, 0.6) is 0 Å². The van der Waals surface area contributed by atoms with Gasteiger partial charge in [-0.2, -0.15) is 0 Å². The van der Waals surface area contributed by atoms with E-state index in [0.717, 1.165) is 12.1 Å².